The van der Waals surface area contributed by atoms with Gasteiger partial charge in [-0.3, -0.25) is 14.6 Å². The van der Waals surface area contributed by atoms with Gasteiger partial charge in [0.15, 0.2) is 5.78 Å². The summed E-state index contributed by atoms with van der Waals surface area (Å²) in [6.45, 7) is 1.21. The van der Waals surface area contributed by atoms with Crippen LogP contribution in [0.15, 0.2) is 65.8 Å². The molecular weight excluding hydrogens is 418 g/mol. The number of benzene rings is 2. The highest BCUT2D eigenvalue weighted by Crippen LogP contribution is 2.25. The zero-order valence-electron chi connectivity index (χ0n) is 17.2. The van der Waals surface area contributed by atoms with Gasteiger partial charge in [-0.1, -0.05) is 12.1 Å². The molecule has 31 heavy (non-hydrogen) atoms. The van der Waals surface area contributed by atoms with Gasteiger partial charge in [-0.05, 0) is 43.3 Å². The topological polar surface area (TPSA) is 106 Å². The number of fused-ring (bicyclic) bond motifs is 1. The van der Waals surface area contributed by atoms with Crippen molar-refractivity contribution in [2.24, 2.45) is 0 Å². The second-order valence-corrected chi connectivity index (χ2v) is 8.77. The molecule has 9 heteroatoms. The number of hydrogen-bond donors (Lipinski definition) is 1. The first-order valence-electron chi connectivity index (χ1n) is 9.55. The molecule has 0 aliphatic heterocycles. The molecule has 0 saturated heterocycles. The molecule has 0 bridgehead atoms. The van der Waals surface area contributed by atoms with E-state index in [-0.39, 0.29) is 30.4 Å². The smallest absolute Gasteiger partial charge is 0.244 e. The third-order valence-corrected chi connectivity index (χ3v) is 6.60. The van der Waals surface area contributed by atoms with E-state index in [1.165, 1.54) is 26.3 Å². The fourth-order valence-electron chi connectivity index (χ4n) is 3.08. The minimum absolute atomic E-state index is 0.0109. The number of rotatable bonds is 9. The van der Waals surface area contributed by atoms with Crippen molar-refractivity contribution in [2.45, 2.75) is 11.8 Å². The molecule has 1 amide bonds. The van der Waals surface area contributed by atoms with E-state index in [0.717, 1.165) is 4.31 Å². The minimum Gasteiger partial charge on any atom is -0.383 e. The zero-order valence-corrected chi connectivity index (χ0v) is 18.1. The quantitative estimate of drug-likeness (QED) is 0.512. The first kappa shape index (κ1) is 22.5. The third kappa shape index (κ3) is 5.32. The number of Topliss-reactive ketones (excluding diaryl/α,β-unsaturated/α-hetero) is 1. The van der Waals surface area contributed by atoms with Gasteiger partial charge in [-0.2, -0.15) is 4.31 Å². The molecule has 0 radical (unpaired) electrons. The molecular formula is C22H23N3O5S. The lowest BCUT2D eigenvalue weighted by molar-refractivity contribution is -0.116. The number of anilines is 1. The Kier molecular flexibility index (Phi) is 7.11. The number of ketones is 1. The lowest BCUT2D eigenvalue weighted by Gasteiger charge is -2.22. The summed E-state index contributed by atoms with van der Waals surface area (Å²) in [5.74, 6) is -0.586. The molecule has 0 aliphatic carbocycles. The predicted octanol–water partition coefficient (Wildman–Crippen LogP) is 2.71. The van der Waals surface area contributed by atoms with Gasteiger partial charge >= 0.3 is 0 Å². The molecule has 0 aliphatic rings. The fourth-order valence-corrected chi connectivity index (χ4v) is 4.68. The standard InChI is InChI=1S/C22H23N3O5S/c1-16(26)17-6-8-19(9-7-17)24-22(27)15-25(12-13-30-2)31(28,29)21-5-3-4-18-14-23-11-10-20(18)21/h3-11,14H,12-13,15H2,1-2H3,(H,24,27). The molecule has 1 heterocycles. The lowest BCUT2D eigenvalue weighted by atomic mass is 10.1. The highest BCUT2D eigenvalue weighted by Gasteiger charge is 2.28. The van der Waals surface area contributed by atoms with Crippen LogP contribution in [0.3, 0.4) is 0 Å². The van der Waals surface area contributed by atoms with Crippen LogP contribution in [0.2, 0.25) is 0 Å². The first-order chi connectivity index (χ1) is 14.8. The number of ether oxygens (including phenoxy) is 1. The summed E-state index contributed by atoms with van der Waals surface area (Å²) in [6.07, 6.45) is 3.11. The average Bonchev–Trinajstić information content (AvgIpc) is 2.76. The van der Waals surface area contributed by atoms with E-state index >= 15 is 0 Å². The maximum absolute atomic E-state index is 13.4. The van der Waals surface area contributed by atoms with Crippen molar-refractivity contribution in [1.29, 1.82) is 0 Å². The summed E-state index contributed by atoms with van der Waals surface area (Å²) in [6, 6.07) is 13.0. The number of sulfonamides is 1. The maximum atomic E-state index is 13.4. The monoisotopic (exact) mass is 441 g/mol. The highest BCUT2D eigenvalue weighted by atomic mass is 32.2. The minimum atomic E-state index is -3.99. The van der Waals surface area contributed by atoms with E-state index in [2.05, 4.69) is 10.3 Å². The highest BCUT2D eigenvalue weighted by molar-refractivity contribution is 7.89. The van der Waals surface area contributed by atoms with Crippen LogP contribution in [0, 0.1) is 0 Å². The van der Waals surface area contributed by atoms with E-state index in [0.29, 0.717) is 22.0 Å². The Labute approximate surface area is 180 Å². The van der Waals surface area contributed by atoms with Crippen molar-refractivity contribution < 1.29 is 22.7 Å². The second kappa shape index (κ2) is 9.78. The summed E-state index contributed by atoms with van der Waals surface area (Å²) in [5.41, 5.74) is 0.989. The molecule has 0 unspecified atom stereocenters. The van der Waals surface area contributed by atoms with Crippen molar-refractivity contribution in [3.8, 4) is 0 Å². The van der Waals surface area contributed by atoms with Crippen LogP contribution in [0.4, 0.5) is 5.69 Å². The largest absolute Gasteiger partial charge is 0.383 e. The van der Waals surface area contributed by atoms with Crippen LogP contribution in [-0.4, -0.2) is 56.2 Å². The van der Waals surface area contributed by atoms with Crippen LogP contribution in [0.5, 0.6) is 0 Å². The zero-order chi connectivity index (χ0) is 22.4. The Bertz CT molecular complexity index is 1190. The first-order valence-corrected chi connectivity index (χ1v) is 11.0. The van der Waals surface area contributed by atoms with Crippen molar-refractivity contribution >= 4 is 38.2 Å². The number of aromatic nitrogens is 1. The van der Waals surface area contributed by atoms with Gasteiger partial charge in [0.25, 0.3) is 0 Å². The summed E-state index contributed by atoms with van der Waals surface area (Å²) >= 11 is 0. The van der Waals surface area contributed by atoms with E-state index in [9.17, 15) is 18.0 Å². The number of carbonyl (C=O) groups is 2. The molecule has 162 valence electrons. The molecule has 0 spiro atoms. The molecule has 3 rings (SSSR count). The van der Waals surface area contributed by atoms with Crippen molar-refractivity contribution in [2.75, 3.05) is 32.1 Å². The van der Waals surface area contributed by atoms with Crippen LogP contribution in [0.1, 0.15) is 17.3 Å². The Hall–Kier alpha value is -3.14. The van der Waals surface area contributed by atoms with Crippen LogP contribution < -0.4 is 5.32 Å². The molecule has 1 aromatic heterocycles. The summed E-state index contributed by atoms with van der Waals surface area (Å²) in [7, 11) is -2.52. The molecule has 0 saturated carbocycles. The maximum Gasteiger partial charge on any atom is 0.244 e. The van der Waals surface area contributed by atoms with Gasteiger partial charge in [0, 0.05) is 48.1 Å². The van der Waals surface area contributed by atoms with Crippen LogP contribution in [0.25, 0.3) is 10.8 Å². The average molecular weight is 442 g/mol. The molecule has 0 fully saturated rings. The number of amides is 1. The number of carbonyl (C=O) groups excluding carboxylic acids is 2. The SMILES string of the molecule is COCCN(CC(=O)Nc1ccc(C(C)=O)cc1)S(=O)(=O)c1cccc2cnccc12. The van der Waals surface area contributed by atoms with Crippen molar-refractivity contribution in [3.63, 3.8) is 0 Å². The van der Waals surface area contributed by atoms with E-state index in [4.69, 9.17) is 4.74 Å². The number of nitrogens with one attached hydrogen (secondary N) is 1. The molecule has 8 nitrogen and oxygen atoms in total. The normalized spacial score (nSPS) is 11.6. The van der Waals surface area contributed by atoms with Crippen molar-refractivity contribution in [1.82, 2.24) is 9.29 Å². The summed E-state index contributed by atoms with van der Waals surface area (Å²) in [4.78, 5) is 28.1. The summed E-state index contributed by atoms with van der Waals surface area (Å²) in [5, 5.41) is 3.88. The Morgan fingerprint density at radius 1 is 1.10 bits per heavy atom. The van der Waals surface area contributed by atoms with Gasteiger partial charge in [-0.15, -0.1) is 0 Å². The molecule has 1 N–H and O–H groups in total. The summed E-state index contributed by atoms with van der Waals surface area (Å²) < 4.78 is 32.9. The van der Waals surface area contributed by atoms with Crippen molar-refractivity contribution in [3.05, 3.63) is 66.5 Å². The Morgan fingerprint density at radius 2 is 1.84 bits per heavy atom. The van der Waals surface area contributed by atoms with Crippen LogP contribution >= 0.6 is 0 Å². The van der Waals surface area contributed by atoms with Gasteiger partial charge in [0.1, 0.15) is 0 Å². The third-order valence-electron chi connectivity index (χ3n) is 4.70. The van der Waals surface area contributed by atoms with E-state index in [1.807, 2.05) is 0 Å². The Balaban J connectivity index is 1.85. The van der Waals surface area contributed by atoms with E-state index in [1.54, 1.807) is 48.7 Å². The molecule has 0 atom stereocenters. The van der Waals surface area contributed by atoms with Gasteiger partial charge < -0.3 is 10.1 Å². The van der Waals surface area contributed by atoms with E-state index < -0.39 is 15.9 Å². The predicted molar refractivity (Wildman–Crippen MR) is 117 cm³/mol. The lowest BCUT2D eigenvalue weighted by Crippen LogP contribution is -2.40. The van der Waals surface area contributed by atoms with Gasteiger partial charge in [0.05, 0.1) is 18.0 Å². The number of pyridine rings is 1. The van der Waals surface area contributed by atoms with Gasteiger partial charge in [0.2, 0.25) is 15.9 Å². The Morgan fingerprint density at radius 3 is 2.52 bits per heavy atom. The number of hydrogen-bond acceptors (Lipinski definition) is 6. The molecule has 3 aromatic rings. The van der Waals surface area contributed by atoms with Crippen LogP contribution in [-0.2, 0) is 19.6 Å². The molecule has 2 aromatic carbocycles. The number of methoxy groups -OCH3 is 1. The number of nitrogens with zero attached hydrogens (tertiary/aromatic N) is 2. The fraction of sp³-hybridized carbons (Fsp3) is 0.227. The van der Waals surface area contributed by atoms with Gasteiger partial charge in [-0.25, -0.2) is 8.42 Å². The second-order valence-electron chi connectivity index (χ2n) is 6.87.